The lowest BCUT2D eigenvalue weighted by atomic mass is 9.49. The Morgan fingerprint density at radius 2 is 1.37 bits per heavy atom. The number of aliphatic hydroxyl groups is 1. The minimum absolute atomic E-state index is 0.0273. The predicted octanol–water partition coefficient (Wildman–Crippen LogP) is 5.67. The van der Waals surface area contributed by atoms with Crippen LogP contribution < -0.4 is 15.4 Å². The third-order valence-corrected chi connectivity index (χ3v) is 13.2. The van der Waals surface area contributed by atoms with Crippen molar-refractivity contribution in [3.63, 3.8) is 0 Å². The van der Waals surface area contributed by atoms with Crippen LogP contribution in [0.25, 0.3) is 0 Å². The van der Waals surface area contributed by atoms with Crippen molar-refractivity contribution in [1.82, 2.24) is 10.3 Å². The zero-order valence-corrected chi connectivity index (χ0v) is 31.1. The summed E-state index contributed by atoms with van der Waals surface area (Å²) in [4.78, 5) is 28.9. The van der Waals surface area contributed by atoms with E-state index in [-0.39, 0.29) is 58.3 Å². The molecule has 0 atom stereocenters. The number of aromatic nitrogens is 1. The van der Waals surface area contributed by atoms with Crippen molar-refractivity contribution in [2.24, 2.45) is 23.2 Å². The van der Waals surface area contributed by atoms with Crippen LogP contribution in [0.3, 0.4) is 0 Å². The highest BCUT2D eigenvalue weighted by Gasteiger charge is 2.71. The fourth-order valence-electron chi connectivity index (χ4n) is 8.21. The number of aryl methyl sites for hydroxylation is 1. The van der Waals surface area contributed by atoms with Crippen molar-refractivity contribution in [2.45, 2.75) is 80.5 Å². The van der Waals surface area contributed by atoms with Gasteiger partial charge in [0.05, 0.1) is 51.8 Å². The van der Waals surface area contributed by atoms with Gasteiger partial charge in [-0.15, -0.1) is 0 Å². The molecule has 0 aliphatic heterocycles. The molecule has 20 heteroatoms. The predicted molar refractivity (Wildman–Crippen MR) is 184 cm³/mol. The maximum absolute atomic E-state index is 13.1. The Bertz CT molecular complexity index is 1670. The molecular weight excluding hydrogens is 771 g/mol. The third kappa shape index (κ3) is 10.2. The first kappa shape index (κ1) is 42.1. The van der Waals surface area contributed by atoms with Gasteiger partial charge in [-0.2, -0.15) is 26.3 Å². The highest BCUT2D eigenvalue weighted by atomic mass is 32.2. The number of hydrogen-bond donors (Lipinski definition) is 4. The standard InChI is InChI=1S/C34H44F6N4O8S2/c1-21-29(54(48,49)44-26-4-2-25(3-5-26)32(47,33(35,36)37)34(38,39)40)53-30(42-21)43-27(45)6-8-50-10-12-52-13-11-51-9-7-41-28(46)20-31-17-22-14-23(18-31)16-24(15-22)19-31/h2-5,22-24,44,47H,6-20H2,1H3,(H,41,46)(H,42,43,45). The Kier molecular flexibility index (Phi) is 13.2. The molecule has 1 aromatic carbocycles. The number of nitrogens with one attached hydrogen (secondary N) is 3. The van der Waals surface area contributed by atoms with E-state index in [4.69, 9.17) is 14.2 Å². The van der Waals surface area contributed by atoms with Gasteiger partial charge in [0.1, 0.15) is 0 Å². The lowest BCUT2D eigenvalue weighted by Gasteiger charge is -2.56. The van der Waals surface area contributed by atoms with E-state index in [1.807, 2.05) is 4.72 Å². The number of carbonyl (C=O) groups is 2. The summed E-state index contributed by atoms with van der Waals surface area (Å²) in [6.45, 7) is 3.29. The van der Waals surface area contributed by atoms with Crippen molar-refractivity contribution in [2.75, 3.05) is 56.2 Å². The van der Waals surface area contributed by atoms with E-state index in [1.54, 1.807) is 0 Å². The number of halogens is 6. The largest absolute Gasteiger partial charge is 0.430 e. The second-order valence-electron chi connectivity index (χ2n) is 14.4. The molecule has 1 heterocycles. The molecule has 302 valence electrons. The average Bonchev–Trinajstić information content (AvgIpc) is 3.43. The molecule has 0 spiro atoms. The van der Waals surface area contributed by atoms with E-state index in [0.29, 0.717) is 68.4 Å². The minimum atomic E-state index is -6.10. The van der Waals surface area contributed by atoms with Crippen LogP contribution in [0, 0.1) is 30.1 Å². The number of alkyl halides is 6. The van der Waals surface area contributed by atoms with Crippen molar-refractivity contribution >= 4 is 44.0 Å². The molecule has 2 aromatic rings. The van der Waals surface area contributed by atoms with E-state index < -0.39 is 39.4 Å². The lowest BCUT2D eigenvalue weighted by molar-refractivity contribution is -0.376. The third-order valence-electron chi connectivity index (χ3n) is 10.1. The van der Waals surface area contributed by atoms with Gasteiger partial charge in [-0.1, -0.05) is 23.5 Å². The summed E-state index contributed by atoms with van der Waals surface area (Å²) in [5.74, 6) is 2.00. The molecule has 12 nitrogen and oxygen atoms in total. The number of carbonyl (C=O) groups excluding carboxylic acids is 2. The second kappa shape index (κ2) is 17.0. The number of rotatable bonds is 19. The normalized spacial score (nSPS) is 22.7. The topological polar surface area (TPSA) is 165 Å². The highest BCUT2D eigenvalue weighted by Crippen LogP contribution is 2.61. The van der Waals surface area contributed by atoms with Gasteiger partial charge in [0.15, 0.2) is 9.34 Å². The van der Waals surface area contributed by atoms with Crippen LogP contribution in [0.15, 0.2) is 28.5 Å². The van der Waals surface area contributed by atoms with Crippen molar-refractivity contribution in [3.8, 4) is 0 Å². The summed E-state index contributed by atoms with van der Waals surface area (Å²) < 4.78 is 123. The van der Waals surface area contributed by atoms with Crippen molar-refractivity contribution in [1.29, 1.82) is 0 Å². The van der Waals surface area contributed by atoms with E-state index in [2.05, 4.69) is 15.6 Å². The maximum Gasteiger partial charge on any atom is 0.430 e. The van der Waals surface area contributed by atoms with Crippen LogP contribution in [0.1, 0.15) is 62.6 Å². The van der Waals surface area contributed by atoms with E-state index in [9.17, 15) is 49.5 Å². The number of amides is 2. The fraction of sp³-hybridized carbons (Fsp3) is 0.676. The van der Waals surface area contributed by atoms with Crippen LogP contribution in [0.2, 0.25) is 0 Å². The van der Waals surface area contributed by atoms with Gasteiger partial charge in [0.25, 0.3) is 15.6 Å². The molecule has 0 saturated heterocycles. The molecule has 54 heavy (non-hydrogen) atoms. The molecule has 4 N–H and O–H groups in total. The highest BCUT2D eigenvalue weighted by molar-refractivity contribution is 7.94. The number of ether oxygens (including phenoxy) is 3. The molecule has 6 rings (SSSR count). The van der Waals surface area contributed by atoms with Gasteiger partial charge in [-0.25, -0.2) is 13.4 Å². The Labute approximate surface area is 312 Å². The number of hydrogen-bond acceptors (Lipinski definition) is 10. The van der Waals surface area contributed by atoms with Crippen LogP contribution >= 0.6 is 11.3 Å². The lowest BCUT2D eigenvalue weighted by Crippen LogP contribution is -2.53. The molecule has 1 aromatic heterocycles. The molecular formula is C34H44F6N4O8S2. The number of nitrogens with zero attached hydrogens (tertiary/aromatic N) is 1. The Hall–Kier alpha value is -3.04. The SMILES string of the molecule is Cc1nc(NC(=O)CCOCCOCCOCCNC(=O)CC23CC4CC(CC(C4)C2)C3)sc1S(=O)(=O)Nc1ccc(C(O)(C(F)(F)F)C(F)(F)F)cc1. The molecule has 0 radical (unpaired) electrons. The van der Waals surface area contributed by atoms with Crippen LogP contribution in [-0.2, 0) is 39.4 Å². The molecule has 4 fully saturated rings. The first-order valence-electron chi connectivity index (χ1n) is 17.6. The van der Waals surface area contributed by atoms with Crippen molar-refractivity contribution < 1.29 is 63.7 Å². The molecule has 4 saturated carbocycles. The summed E-state index contributed by atoms with van der Waals surface area (Å²) in [7, 11) is -4.43. The summed E-state index contributed by atoms with van der Waals surface area (Å²) >= 11 is 0.576. The van der Waals surface area contributed by atoms with Crippen LogP contribution in [0.5, 0.6) is 0 Å². The van der Waals surface area contributed by atoms with Gasteiger partial charge in [0.2, 0.25) is 11.8 Å². The summed E-state index contributed by atoms with van der Waals surface area (Å²) in [6, 6.07) is 1.89. The quantitative estimate of drug-likeness (QED) is 0.103. The summed E-state index contributed by atoms with van der Waals surface area (Å²) in [5, 5.41) is 14.9. The number of sulfonamides is 1. The van der Waals surface area contributed by atoms with Crippen molar-refractivity contribution in [3.05, 3.63) is 35.5 Å². The summed E-state index contributed by atoms with van der Waals surface area (Å²) in [5.41, 5.74) is -6.93. The van der Waals surface area contributed by atoms with E-state index >= 15 is 0 Å². The van der Waals surface area contributed by atoms with Gasteiger partial charge in [-0.05, 0) is 80.8 Å². The Balaban J connectivity index is 0.924. The van der Waals surface area contributed by atoms with E-state index in [1.165, 1.54) is 45.4 Å². The molecule has 0 unspecified atom stereocenters. The fourth-order valence-corrected chi connectivity index (χ4v) is 10.7. The second-order valence-corrected chi connectivity index (χ2v) is 17.2. The van der Waals surface area contributed by atoms with Gasteiger partial charge in [-0.3, -0.25) is 14.3 Å². The zero-order valence-electron chi connectivity index (χ0n) is 29.5. The van der Waals surface area contributed by atoms with E-state index in [0.717, 1.165) is 17.8 Å². The number of anilines is 2. The number of thiazole rings is 1. The maximum atomic E-state index is 13.1. The summed E-state index contributed by atoms with van der Waals surface area (Å²) in [6.07, 6.45) is -4.04. The Morgan fingerprint density at radius 3 is 1.91 bits per heavy atom. The number of benzene rings is 1. The zero-order chi connectivity index (χ0) is 39.4. The first-order valence-corrected chi connectivity index (χ1v) is 19.9. The smallest absolute Gasteiger partial charge is 0.379 e. The minimum Gasteiger partial charge on any atom is -0.379 e. The molecule has 4 aliphatic carbocycles. The monoisotopic (exact) mass is 814 g/mol. The average molecular weight is 815 g/mol. The van der Waals surface area contributed by atoms with Crippen LogP contribution in [0.4, 0.5) is 37.2 Å². The molecule has 4 bridgehead atoms. The molecule has 2 amide bonds. The first-order chi connectivity index (χ1) is 25.3. The van der Waals surface area contributed by atoms with Crippen LogP contribution in [-0.4, -0.2) is 88.9 Å². The van der Waals surface area contributed by atoms with Gasteiger partial charge >= 0.3 is 12.4 Å². The van der Waals surface area contributed by atoms with Gasteiger partial charge < -0.3 is 30.0 Å². The van der Waals surface area contributed by atoms with Gasteiger partial charge in [0, 0.05) is 24.2 Å². The Morgan fingerprint density at radius 1 is 0.852 bits per heavy atom. The molecule has 4 aliphatic rings.